The molecule has 1 N–H and O–H groups in total. The molecule has 7 nitrogen and oxygen atoms in total. The van der Waals surface area contributed by atoms with Crippen molar-refractivity contribution in [3.8, 4) is 45.7 Å². The van der Waals surface area contributed by atoms with Crippen molar-refractivity contribution in [3.63, 3.8) is 0 Å². The summed E-state index contributed by atoms with van der Waals surface area (Å²) in [7, 11) is 0. The first-order valence-electron chi connectivity index (χ1n) is 12.1. The highest BCUT2D eigenvalue weighted by Gasteiger charge is 2.29. The first-order valence-corrected chi connectivity index (χ1v) is 12.1. The van der Waals surface area contributed by atoms with E-state index in [9.17, 15) is 9.90 Å². The molecule has 0 saturated heterocycles. The molecule has 2 unspecified atom stereocenters. The standard InChI is InChI=1S/C29H27N3O4/c1-19(33)35-25-14-8-9-15-26(25)36-22-16-17-23(24(34)18-22)29-31-27(20-10-4-2-5-11-20)30-28(32-29)21-12-6-3-7-13-21/h2-7,10-13,16-18,25-26,34H,8-9,14-15H2,1H3. The van der Waals surface area contributed by atoms with Gasteiger partial charge >= 0.3 is 5.97 Å². The summed E-state index contributed by atoms with van der Waals surface area (Å²) in [5.41, 5.74) is 2.18. The molecule has 1 aliphatic carbocycles. The Balaban J connectivity index is 1.48. The molecule has 3 aromatic carbocycles. The summed E-state index contributed by atoms with van der Waals surface area (Å²) < 4.78 is 11.6. The van der Waals surface area contributed by atoms with E-state index in [4.69, 9.17) is 9.47 Å². The Bertz CT molecular complexity index is 1290. The van der Waals surface area contributed by atoms with Gasteiger partial charge in [-0.1, -0.05) is 60.7 Å². The first kappa shape index (κ1) is 23.5. The van der Waals surface area contributed by atoms with Crippen LogP contribution in [0.2, 0.25) is 0 Å². The number of benzene rings is 3. The van der Waals surface area contributed by atoms with Crippen LogP contribution in [-0.4, -0.2) is 38.2 Å². The Labute approximate surface area is 209 Å². The lowest BCUT2D eigenvalue weighted by molar-refractivity contribution is -0.153. The third-order valence-corrected chi connectivity index (χ3v) is 6.16. The summed E-state index contributed by atoms with van der Waals surface area (Å²) in [6, 6.07) is 24.4. The van der Waals surface area contributed by atoms with Crippen molar-refractivity contribution in [1.29, 1.82) is 0 Å². The van der Waals surface area contributed by atoms with E-state index in [1.54, 1.807) is 18.2 Å². The lowest BCUT2D eigenvalue weighted by Gasteiger charge is -2.31. The van der Waals surface area contributed by atoms with Crippen LogP contribution in [0.3, 0.4) is 0 Å². The number of phenolic OH excluding ortho intramolecular Hbond substituents is 1. The van der Waals surface area contributed by atoms with Crippen LogP contribution >= 0.6 is 0 Å². The number of rotatable bonds is 6. The molecule has 0 amide bonds. The predicted molar refractivity (Wildman–Crippen MR) is 136 cm³/mol. The summed E-state index contributed by atoms with van der Waals surface area (Å²) in [6.07, 6.45) is 3.01. The summed E-state index contributed by atoms with van der Waals surface area (Å²) in [6.45, 7) is 1.41. The number of nitrogens with zero attached hydrogens (tertiary/aromatic N) is 3. The normalized spacial score (nSPS) is 17.4. The van der Waals surface area contributed by atoms with Crippen molar-refractivity contribution in [2.45, 2.75) is 44.8 Å². The van der Waals surface area contributed by atoms with Crippen molar-refractivity contribution >= 4 is 5.97 Å². The molecule has 7 heteroatoms. The van der Waals surface area contributed by atoms with Crippen LogP contribution in [0.25, 0.3) is 34.2 Å². The SMILES string of the molecule is CC(=O)OC1CCCCC1Oc1ccc(-c2nc(-c3ccccc3)nc(-c3ccccc3)n2)c(O)c1. The molecular formula is C29H27N3O4. The van der Waals surface area contributed by atoms with Crippen LogP contribution in [0.4, 0.5) is 0 Å². The average molecular weight is 482 g/mol. The zero-order valence-electron chi connectivity index (χ0n) is 20.0. The minimum Gasteiger partial charge on any atom is -0.507 e. The molecule has 2 atom stereocenters. The van der Waals surface area contributed by atoms with E-state index >= 15 is 0 Å². The fourth-order valence-electron chi connectivity index (χ4n) is 4.42. The summed E-state index contributed by atoms with van der Waals surface area (Å²) >= 11 is 0. The highest BCUT2D eigenvalue weighted by atomic mass is 16.6. The molecule has 1 aromatic heterocycles. The third kappa shape index (κ3) is 5.35. The summed E-state index contributed by atoms with van der Waals surface area (Å²) in [5, 5.41) is 10.9. The molecular weight excluding hydrogens is 454 g/mol. The number of aromatic hydroxyl groups is 1. The largest absolute Gasteiger partial charge is 0.507 e. The van der Waals surface area contributed by atoms with Crippen molar-refractivity contribution in [2.75, 3.05) is 0 Å². The highest BCUT2D eigenvalue weighted by molar-refractivity contribution is 5.70. The molecule has 182 valence electrons. The Morgan fingerprint density at radius 2 is 1.33 bits per heavy atom. The van der Waals surface area contributed by atoms with Gasteiger partial charge in [0.25, 0.3) is 0 Å². The number of carbonyl (C=O) groups is 1. The molecule has 0 spiro atoms. The van der Waals surface area contributed by atoms with Crippen LogP contribution in [0.15, 0.2) is 78.9 Å². The van der Waals surface area contributed by atoms with Gasteiger partial charge < -0.3 is 14.6 Å². The zero-order chi connectivity index (χ0) is 24.9. The van der Waals surface area contributed by atoms with E-state index in [0.717, 1.165) is 36.8 Å². The fraction of sp³-hybridized carbons (Fsp3) is 0.241. The van der Waals surface area contributed by atoms with E-state index in [-0.39, 0.29) is 23.9 Å². The number of esters is 1. The Hall–Kier alpha value is -4.26. The summed E-state index contributed by atoms with van der Waals surface area (Å²) in [5.74, 6) is 1.59. The van der Waals surface area contributed by atoms with Crippen LogP contribution in [0.1, 0.15) is 32.6 Å². The van der Waals surface area contributed by atoms with Crippen molar-refractivity contribution < 1.29 is 19.4 Å². The molecule has 36 heavy (non-hydrogen) atoms. The number of hydrogen-bond acceptors (Lipinski definition) is 7. The van der Waals surface area contributed by atoms with Crippen LogP contribution in [-0.2, 0) is 9.53 Å². The maximum Gasteiger partial charge on any atom is 0.303 e. The molecule has 1 saturated carbocycles. The Morgan fingerprint density at radius 3 is 1.89 bits per heavy atom. The van der Waals surface area contributed by atoms with Crippen molar-refractivity contribution in [1.82, 2.24) is 15.0 Å². The fourth-order valence-corrected chi connectivity index (χ4v) is 4.42. The molecule has 0 aliphatic heterocycles. The van der Waals surface area contributed by atoms with Crippen LogP contribution in [0.5, 0.6) is 11.5 Å². The second kappa shape index (κ2) is 10.6. The second-order valence-electron chi connectivity index (χ2n) is 8.81. The van der Waals surface area contributed by atoms with Gasteiger partial charge in [0.05, 0.1) is 5.56 Å². The van der Waals surface area contributed by atoms with Gasteiger partial charge in [0.15, 0.2) is 17.5 Å². The zero-order valence-corrected chi connectivity index (χ0v) is 20.0. The lowest BCUT2D eigenvalue weighted by Crippen LogP contribution is -2.38. The van der Waals surface area contributed by atoms with E-state index < -0.39 is 0 Å². The number of carbonyl (C=O) groups excluding carboxylic acids is 1. The maximum absolute atomic E-state index is 11.5. The molecule has 0 bridgehead atoms. The van der Waals surface area contributed by atoms with E-state index in [1.165, 1.54) is 6.92 Å². The van der Waals surface area contributed by atoms with E-state index in [2.05, 4.69) is 15.0 Å². The summed E-state index contributed by atoms with van der Waals surface area (Å²) in [4.78, 5) is 25.5. The van der Waals surface area contributed by atoms with E-state index in [0.29, 0.717) is 28.8 Å². The van der Waals surface area contributed by atoms with Crippen LogP contribution in [0, 0.1) is 0 Å². The molecule has 4 aromatic rings. The minimum atomic E-state index is -0.313. The predicted octanol–water partition coefficient (Wildman–Crippen LogP) is 5.83. The number of hydrogen-bond donors (Lipinski definition) is 1. The first-order chi connectivity index (χ1) is 17.6. The minimum absolute atomic E-state index is 0.00318. The van der Waals surface area contributed by atoms with Crippen molar-refractivity contribution in [3.05, 3.63) is 78.9 Å². The lowest BCUT2D eigenvalue weighted by atomic mass is 9.94. The number of ether oxygens (including phenoxy) is 2. The topological polar surface area (TPSA) is 94.4 Å². The number of aromatic nitrogens is 3. The van der Waals surface area contributed by atoms with Gasteiger partial charge in [0.2, 0.25) is 0 Å². The average Bonchev–Trinajstić information content (AvgIpc) is 2.90. The Kier molecular flexibility index (Phi) is 6.89. The monoisotopic (exact) mass is 481 g/mol. The quantitative estimate of drug-likeness (QED) is 0.346. The maximum atomic E-state index is 11.5. The number of phenols is 1. The van der Waals surface area contributed by atoms with Gasteiger partial charge in [-0.05, 0) is 37.8 Å². The van der Waals surface area contributed by atoms with Crippen molar-refractivity contribution in [2.24, 2.45) is 0 Å². The molecule has 1 fully saturated rings. The van der Waals surface area contributed by atoms with Crippen LogP contribution < -0.4 is 4.74 Å². The van der Waals surface area contributed by atoms with Gasteiger partial charge in [0.1, 0.15) is 23.7 Å². The second-order valence-corrected chi connectivity index (χ2v) is 8.81. The van der Waals surface area contributed by atoms with Gasteiger partial charge in [-0.15, -0.1) is 0 Å². The van der Waals surface area contributed by atoms with E-state index in [1.807, 2.05) is 60.7 Å². The molecule has 0 radical (unpaired) electrons. The van der Waals surface area contributed by atoms with Gasteiger partial charge in [0, 0.05) is 24.1 Å². The third-order valence-electron chi connectivity index (χ3n) is 6.16. The molecule has 1 aliphatic rings. The highest BCUT2D eigenvalue weighted by Crippen LogP contribution is 2.34. The molecule has 1 heterocycles. The van der Waals surface area contributed by atoms with Gasteiger partial charge in [-0.2, -0.15) is 0 Å². The Morgan fingerprint density at radius 1 is 0.778 bits per heavy atom. The van der Waals surface area contributed by atoms with Gasteiger partial charge in [-0.25, -0.2) is 15.0 Å². The van der Waals surface area contributed by atoms with Gasteiger partial charge in [-0.3, -0.25) is 4.79 Å². The smallest absolute Gasteiger partial charge is 0.303 e. The molecule has 5 rings (SSSR count).